The number of hydrogen-bond acceptors (Lipinski definition) is 1. The Kier molecular flexibility index (Phi) is 2.31. The predicted molar refractivity (Wildman–Crippen MR) is 52.3 cm³/mol. The van der Waals surface area contributed by atoms with E-state index in [0.717, 1.165) is 13.0 Å². The number of carbonyl (C=O) groups excluding carboxylic acids is 1. The van der Waals surface area contributed by atoms with Crippen LogP contribution in [0.4, 0.5) is 0 Å². The van der Waals surface area contributed by atoms with E-state index in [1.54, 1.807) is 0 Å². The molecule has 0 unspecified atom stereocenters. The zero-order valence-electron chi connectivity index (χ0n) is 8.62. The summed E-state index contributed by atoms with van der Waals surface area (Å²) in [5, 5.41) is 0. The molecule has 2 fully saturated rings. The summed E-state index contributed by atoms with van der Waals surface area (Å²) in [5.41, 5.74) is 0. The topological polar surface area (TPSA) is 20.3 Å². The number of carbonyl (C=O) groups is 1. The molecule has 0 aromatic heterocycles. The number of fused-ring (bicyclic) bond motifs is 1. The second kappa shape index (κ2) is 3.32. The van der Waals surface area contributed by atoms with E-state index in [1.165, 1.54) is 19.3 Å². The molecule has 0 aromatic carbocycles. The Morgan fingerprint density at radius 3 is 2.85 bits per heavy atom. The van der Waals surface area contributed by atoms with Crippen molar-refractivity contribution in [2.45, 2.75) is 45.6 Å². The van der Waals surface area contributed by atoms with E-state index >= 15 is 0 Å². The second-order valence-corrected chi connectivity index (χ2v) is 4.71. The van der Waals surface area contributed by atoms with Gasteiger partial charge in [0.15, 0.2) is 0 Å². The van der Waals surface area contributed by atoms with Crippen LogP contribution in [-0.4, -0.2) is 23.4 Å². The SMILES string of the molecule is C[C@@H]1C[C@H](C)[C@H]2CCCCN2C1=O. The van der Waals surface area contributed by atoms with Crippen molar-refractivity contribution in [3.63, 3.8) is 0 Å². The van der Waals surface area contributed by atoms with Crippen LogP contribution in [0, 0.1) is 11.8 Å². The molecule has 0 aromatic rings. The molecule has 0 saturated carbocycles. The third kappa shape index (κ3) is 1.47. The van der Waals surface area contributed by atoms with Crippen molar-refractivity contribution >= 4 is 5.91 Å². The van der Waals surface area contributed by atoms with Gasteiger partial charge in [-0.1, -0.05) is 13.8 Å². The fraction of sp³-hybridized carbons (Fsp3) is 0.909. The van der Waals surface area contributed by atoms with Gasteiger partial charge in [-0.25, -0.2) is 0 Å². The first-order valence-corrected chi connectivity index (χ1v) is 5.50. The monoisotopic (exact) mass is 181 g/mol. The molecule has 0 aliphatic carbocycles. The van der Waals surface area contributed by atoms with Gasteiger partial charge in [0.2, 0.25) is 5.91 Å². The highest BCUT2D eigenvalue weighted by atomic mass is 16.2. The zero-order valence-corrected chi connectivity index (χ0v) is 8.62. The van der Waals surface area contributed by atoms with Gasteiger partial charge in [0.1, 0.15) is 0 Å². The van der Waals surface area contributed by atoms with Crippen LogP contribution in [0.5, 0.6) is 0 Å². The highest BCUT2D eigenvalue weighted by Gasteiger charge is 2.38. The maximum Gasteiger partial charge on any atom is 0.225 e. The third-order valence-electron chi connectivity index (χ3n) is 3.64. The number of hydrogen-bond donors (Lipinski definition) is 0. The number of amides is 1. The van der Waals surface area contributed by atoms with Crippen LogP contribution < -0.4 is 0 Å². The first kappa shape index (κ1) is 9.04. The molecule has 13 heavy (non-hydrogen) atoms. The second-order valence-electron chi connectivity index (χ2n) is 4.71. The summed E-state index contributed by atoms with van der Waals surface area (Å²) < 4.78 is 0. The first-order valence-electron chi connectivity index (χ1n) is 5.50. The van der Waals surface area contributed by atoms with Crippen molar-refractivity contribution in [1.29, 1.82) is 0 Å². The van der Waals surface area contributed by atoms with Gasteiger partial charge in [-0.2, -0.15) is 0 Å². The van der Waals surface area contributed by atoms with Crippen LogP contribution in [-0.2, 0) is 4.79 Å². The fourth-order valence-electron chi connectivity index (χ4n) is 2.92. The highest BCUT2D eigenvalue weighted by molar-refractivity contribution is 5.79. The van der Waals surface area contributed by atoms with Crippen LogP contribution in [0.25, 0.3) is 0 Å². The summed E-state index contributed by atoms with van der Waals surface area (Å²) in [6.07, 6.45) is 4.86. The number of rotatable bonds is 0. The molecule has 2 heterocycles. The Hall–Kier alpha value is -0.530. The Labute approximate surface area is 80.3 Å². The molecule has 2 rings (SSSR count). The van der Waals surface area contributed by atoms with E-state index in [-0.39, 0.29) is 5.92 Å². The molecule has 0 spiro atoms. The molecule has 0 radical (unpaired) electrons. The van der Waals surface area contributed by atoms with Crippen molar-refractivity contribution < 1.29 is 4.79 Å². The van der Waals surface area contributed by atoms with Gasteiger partial charge in [0.25, 0.3) is 0 Å². The quantitative estimate of drug-likeness (QED) is 0.560. The van der Waals surface area contributed by atoms with Crippen molar-refractivity contribution in [3.8, 4) is 0 Å². The van der Waals surface area contributed by atoms with E-state index in [9.17, 15) is 4.79 Å². The Morgan fingerprint density at radius 2 is 2.08 bits per heavy atom. The minimum Gasteiger partial charge on any atom is -0.339 e. The summed E-state index contributed by atoms with van der Waals surface area (Å²) in [4.78, 5) is 14.0. The lowest BCUT2D eigenvalue weighted by atomic mass is 9.80. The molecule has 2 nitrogen and oxygen atoms in total. The van der Waals surface area contributed by atoms with Crippen LogP contribution in [0.15, 0.2) is 0 Å². The standard InChI is InChI=1S/C11H19NO/c1-8-7-9(2)11(13)12-6-4-3-5-10(8)12/h8-10H,3-7H2,1-2H3/t8-,9+,10+/m0/s1. The molecule has 2 saturated heterocycles. The molecule has 2 heteroatoms. The van der Waals surface area contributed by atoms with Crippen LogP contribution >= 0.6 is 0 Å². The van der Waals surface area contributed by atoms with Crippen LogP contribution in [0.2, 0.25) is 0 Å². The smallest absolute Gasteiger partial charge is 0.225 e. The molecule has 1 amide bonds. The van der Waals surface area contributed by atoms with Gasteiger partial charge in [-0.3, -0.25) is 4.79 Å². The first-order chi connectivity index (χ1) is 6.20. The van der Waals surface area contributed by atoms with Crippen LogP contribution in [0.3, 0.4) is 0 Å². The maximum atomic E-state index is 11.8. The molecule has 0 bridgehead atoms. The average Bonchev–Trinajstić information content (AvgIpc) is 2.15. The van der Waals surface area contributed by atoms with Crippen LogP contribution in [0.1, 0.15) is 39.5 Å². The van der Waals surface area contributed by atoms with Crippen molar-refractivity contribution in [2.24, 2.45) is 11.8 Å². The van der Waals surface area contributed by atoms with Gasteiger partial charge < -0.3 is 4.90 Å². The zero-order chi connectivity index (χ0) is 9.42. The van der Waals surface area contributed by atoms with E-state index in [4.69, 9.17) is 0 Å². The molecule has 2 aliphatic rings. The summed E-state index contributed by atoms with van der Waals surface area (Å²) in [6, 6.07) is 0.567. The lowest BCUT2D eigenvalue weighted by molar-refractivity contribution is -0.145. The molecular formula is C11H19NO. The lowest BCUT2D eigenvalue weighted by Crippen LogP contribution is -2.53. The third-order valence-corrected chi connectivity index (χ3v) is 3.64. The lowest BCUT2D eigenvalue weighted by Gasteiger charge is -2.45. The Morgan fingerprint density at radius 1 is 1.31 bits per heavy atom. The summed E-state index contributed by atoms with van der Waals surface area (Å²) in [6.45, 7) is 5.38. The van der Waals surface area contributed by atoms with Crippen molar-refractivity contribution in [2.75, 3.05) is 6.54 Å². The number of nitrogens with zero attached hydrogens (tertiary/aromatic N) is 1. The van der Waals surface area contributed by atoms with E-state index < -0.39 is 0 Å². The molecule has 74 valence electrons. The van der Waals surface area contributed by atoms with E-state index in [2.05, 4.69) is 18.7 Å². The summed E-state index contributed by atoms with van der Waals surface area (Å²) in [7, 11) is 0. The van der Waals surface area contributed by atoms with Gasteiger partial charge in [-0.15, -0.1) is 0 Å². The van der Waals surface area contributed by atoms with Gasteiger partial charge >= 0.3 is 0 Å². The minimum absolute atomic E-state index is 0.268. The van der Waals surface area contributed by atoms with Gasteiger partial charge in [0.05, 0.1) is 0 Å². The van der Waals surface area contributed by atoms with Crippen molar-refractivity contribution in [1.82, 2.24) is 4.90 Å². The predicted octanol–water partition coefficient (Wildman–Crippen LogP) is 2.04. The molecule has 0 N–H and O–H groups in total. The highest BCUT2D eigenvalue weighted by Crippen LogP contribution is 2.33. The molecule has 3 atom stereocenters. The Bertz CT molecular complexity index is 214. The van der Waals surface area contributed by atoms with Gasteiger partial charge in [-0.05, 0) is 31.6 Å². The van der Waals surface area contributed by atoms with E-state index in [0.29, 0.717) is 17.9 Å². The van der Waals surface area contributed by atoms with E-state index in [1.807, 2.05) is 0 Å². The largest absolute Gasteiger partial charge is 0.339 e. The average molecular weight is 181 g/mol. The summed E-state index contributed by atoms with van der Waals surface area (Å²) in [5.74, 6) is 1.39. The normalized spacial score (nSPS) is 40.3. The van der Waals surface area contributed by atoms with Gasteiger partial charge in [0, 0.05) is 18.5 Å². The summed E-state index contributed by atoms with van der Waals surface area (Å²) >= 11 is 0. The Balaban J connectivity index is 2.15. The minimum atomic E-state index is 0.268. The fourth-order valence-corrected chi connectivity index (χ4v) is 2.92. The number of piperidine rings is 2. The van der Waals surface area contributed by atoms with Crippen molar-refractivity contribution in [3.05, 3.63) is 0 Å². The molecular weight excluding hydrogens is 162 g/mol. The molecule has 2 aliphatic heterocycles. The maximum absolute atomic E-state index is 11.8.